The maximum absolute atomic E-state index is 13.0. The fraction of sp³-hybridized carbons (Fsp3) is 0.429. The first-order valence-electron chi connectivity index (χ1n) is 9.31. The number of hydrogen-bond donors (Lipinski definition) is 1. The Bertz CT molecular complexity index is 743. The predicted molar refractivity (Wildman–Crippen MR) is 105 cm³/mol. The van der Waals surface area contributed by atoms with Gasteiger partial charge in [0.15, 0.2) is 0 Å². The molecule has 2 aromatic rings. The first-order valence-corrected chi connectivity index (χ1v) is 10.8. The Morgan fingerprint density at radius 3 is 2.19 bits per heavy atom. The number of nitrogens with zero attached hydrogens (tertiary/aromatic N) is 1. The SMILES string of the molecule is CCCCCCc1ccc(S(=O)(=O)N(CCO)Cc2ccccc2)cc1. The van der Waals surface area contributed by atoms with Gasteiger partial charge in [0.25, 0.3) is 0 Å². The third-order valence-corrected chi connectivity index (χ3v) is 6.29. The highest BCUT2D eigenvalue weighted by atomic mass is 32.2. The van der Waals surface area contributed by atoms with Crippen LogP contribution in [0.25, 0.3) is 0 Å². The Morgan fingerprint density at radius 2 is 1.58 bits per heavy atom. The van der Waals surface area contributed by atoms with Crippen molar-refractivity contribution in [1.29, 1.82) is 0 Å². The van der Waals surface area contributed by atoms with Gasteiger partial charge in [-0.25, -0.2) is 8.42 Å². The summed E-state index contributed by atoms with van der Waals surface area (Å²) in [6.07, 6.45) is 5.76. The second kappa shape index (κ2) is 10.5. The molecule has 0 saturated heterocycles. The fourth-order valence-corrected chi connectivity index (χ4v) is 4.34. The van der Waals surface area contributed by atoms with Gasteiger partial charge < -0.3 is 5.11 Å². The Hall–Kier alpha value is -1.69. The van der Waals surface area contributed by atoms with E-state index in [2.05, 4.69) is 6.92 Å². The molecule has 26 heavy (non-hydrogen) atoms. The smallest absolute Gasteiger partial charge is 0.243 e. The Morgan fingerprint density at radius 1 is 0.885 bits per heavy atom. The Kier molecular flexibility index (Phi) is 8.29. The van der Waals surface area contributed by atoms with Gasteiger partial charge in [-0.1, -0.05) is 68.7 Å². The van der Waals surface area contributed by atoms with E-state index in [4.69, 9.17) is 0 Å². The minimum atomic E-state index is -3.63. The summed E-state index contributed by atoms with van der Waals surface area (Å²) in [6.45, 7) is 2.31. The second-order valence-corrected chi connectivity index (χ2v) is 8.44. The van der Waals surface area contributed by atoms with Gasteiger partial charge in [-0.05, 0) is 36.1 Å². The summed E-state index contributed by atoms with van der Waals surface area (Å²) in [5.41, 5.74) is 2.06. The van der Waals surface area contributed by atoms with E-state index < -0.39 is 10.0 Å². The lowest BCUT2D eigenvalue weighted by Crippen LogP contribution is -2.33. The van der Waals surface area contributed by atoms with E-state index in [1.165, 1.54) is 23.6 Å². The van der Waals surface area contributed by atoms with E-state index in [-0.39, 0.29) is 24.6 Å². The van der Waals surface area contributed by atoms with Crippen LogP contribution in [0.2, 0.25) is 0 Å². The van der Waals surface area contributed by atoms with Gasteiger partial charge in [-0.15, -0.1) is 0 Å². The zero-order valence-corrected chi connectivity index (χ0v) is 16.3. The van der Waals surface area contributed by atoms with Gasteiger partial charge in [0.1, 0.15) is 0 Å². The summed E-state index contributed by atoms with van der Waals surface area (Å²) in [6, 6.07) is 16.6. The normalized spacial score (nSPS) is 11.8. The van der Waals surface area contributed by atoms with Crippen molar-refractivity contribution in [3.8, 4) is 0 Å². The molecule has 0 amide bonds. The summed E-state index contributed by atoms with van der Waals surface area (Å²) in [5, 5.41) is 9.30. The third kappa shape index (κ3) is 5.94. The third-order valence-electron chi connectivity index (χ3n) is 4.43. The fourth-order valence-electron chi connectivity index (χ4n) is 2.92. The maximum Gasteiger partial charge on any atom is 0.243 e. The van der Waals surface area contributed by atoms with Crippen LogP contribution in [0.1, 0.15) is 43.7 Å². The van der Waals surface area contributed by atoms with E-state index in [1.807, 2.05) is 42.5 Å². The molecule has 0 aliphatic heterocycles. The monoisotopic (exact) mass is 375 g/mol. The van der Waals surface area contributed by atoms with Crippen LogP contribution in [0, 0.1) is 0 Å². The van der Waals surface area contributed by atoms with Crippen molar-refractivity contribution in [2.75, 3.05) is 13.2 Å². The standard InChI is InChI=1S/C21H29NO3S/c1-2-3-4-6-9-19-12-14-21(15-13-19)26(24,25)22(16-17-23)18-20-10-7-5-8-11-20/h5,7-8,10-15,23H,2-4,6,9,16-18H2,1H3. The number of aliphatic hydroxyl groups is 1. The van der Waals surface area contributed by atoms with Crippen LogP contribution < -0.4 is 0 Å². The summed E-state index contributed by atoms with van der Waals surface area (Å²) >= 11 is 0. The van der Waals surface area contributed by atoms with Crippen LogP contribution >= 0.6 is 0 Å². The highest BCUT2D eigenvalue weighted by molar-refractivity contribution is 7.89. The van der Waals surface area contributed by atoms with E-state index in [0.29, 0.717) is 0 Å². The van der Waals surface area contributed by atoms with Gasteiger partial charge >= 0.3 is 0 Å². The summed E-state index contributed by atoms with van der Waals surface area (Å²) in [4.78, 5) is 0.277. The molecular weight excluding hydrogens is 346 g/mol. The molecule has 0 aliphatic rings. The van der Waals surface area contributed by atoms with E-state index in [9.17, 15) is 13.5 Å². The molecule has 142 valence electrons. The molecule has 2 rings (SSSR count). The number of aryl methyl sites for hydroxylation is 1. The first kappa shape index (κ1) is 20.6. The summed E-state index contributed by atoms with van der Waals surface area (Å²) < 4.78 is 27.2. The van der Waals surface area contributed by atoms with Crippen LogP contribution in [0.4, 0.5) is 0 Å². The lowest BCUT2D eigenvalue weighted by atomic mass is 10.1. The molecule has 0 unspecified atom stereocenters. The minimum Gasteiger partial charge on any atom is -0.395 e. The molecule has 2 aromatic carbocycles. The highest BCUT2D eigenvalue weighted by Crippen LogP contribution is 2.19. The van der Waals surface area contributed by atoms with Crippen LogP contribution in [0.3, 0.4) is 0 Å². The van der Waals surface area contributed by atoms with Crippen molar-refractivity contribution in [2.24, 2.45) is 0 Å². The van der Waals surface area contributed by atoms with Gasteiger partial charge in [-0.3, -0.25) is 0 Å². The molecule has 5 heteroatoms. The lowest BCUT2D eigenvalue weighted by Gasteiger charge is -2.21. The molecule has 0 aliphatic carbocycles. The van der Waals surface area contributed by atoms with Gasteiger partial charge in [-0.2, -0.15) is 4.31 Å². The molecule has 0 atom stereocenters. The molecular formula is C21H29NO3S. The molecule has 4 nitrogen and oxygen atoms in total. The summed E-state index contributed by atoms with van der Waals surface area (Å²) in [7, 11) is -3.63. The minimum absolute atomic E-state index is 0.0794. The highest BCUT2D eigenvalue weighted by Gasteiger charge is 2.24. The van der Waals surface area contributed by atoms with Crippen molar-refractivity contribution in [3.63, 3.8) is 0 Å². The van der Waals surface area contributed by atoms with Gasteiger partial charge in [0.05, 0.1) is 11.5 Å². The van der Waals surface area contributed by atoms with Crippen molar-refractivity contribution in [2.45, 2.75) is 50.5 Å². The average molecular weight is 376 g/mol. The topological polar surface area (TPSA) is 57.6 Å². The van der Waals surface area contributed by atoms with E-state index in [0.717, 1.165) is 24.0 Å². The van der Waals surface area contributed by atoms with Gasteiger partial charge in [0, 0.05) is 13.1 Å². The van der Waals surface area contributed by atoms with Crippen molar-refractivity contribution >= 4 is 10.0 Å². The molecule has 1 N–H and O–H groups in total. The average Bonchev–Trinajstić information content (AvgIpc) is 2.66. The Labute approximate surface area is 157 Å². The number of unbranched alkanes of at least 4 members (excludes halogenated alkanes) is 3. The Balaban J connectivity index is 2.10. The quantitative estimate of drug-likeness (QED) is 0.604. The number of sulfonamides is 1. The molecule has 0 bridgehead atoms. The molecule has 0 saturated carbocycles. The molecule has 0 fully saturated rings. The molecule has 0 spiro atoms. The van der Waals surface area contributed by atoms with Crippen LogP contribution in [0.15, 0.2) is 59.5 Å². The second-order valence-electron chi connectivity index (χ2n) is 6.50. The zero-order valence-electron chi connectivity index (χ0n) is 15.5. The number of rotatable bonds is 11. The first-order chi connectivity index (χ1) is 12.6. The van der Waals surface area contributed by atoms with Crippen LogP contribution in [0.5, 0.6) is 0 Å². The predicted octanol–water partition coefficient (Wildman–Crippen LogP) is 3.99. The molecule has 0 aromatic heterocycles. The molecule has 0 radical (unpaired) electrons. The summed E-state index contributed by atoms with van der Waals surface area (Å²) in [5.74, 6) is 0. The lowest BCUT2D eigenvalue weighted by molar-refractivity contribution is 0.251. The van der Waals surface area contributed by atoms with Crippen molar-refractivity contribution < 1.29 is 13.5 Å². The van der Waals surface area contributed by atoms with E-state index >= 15 is 0 Å². The van der Waals surface area contributed by atoms with Crippen molar-refractivity contribution in [3.05, 3.63) is 65.7 Å². The van der Waals surface area contributed by atoms with Crippen LogP contribution in [-0.4, -0.2) is 31.0 Å². The largest absolute Gasteiger partial charge is 0.395 e. The number of aliphatic hydroxyl groups excluding tert-OH is 1. The van der Waals surface area contributed by atoms with Gasteiger partial charge in [0.2, 0.25) is 10.0 Å². The zero-order chi connectivity index (χ0) is 18.8. The van der Waals surface area contributed by atoms with E-state index in [1.54, 1.807) is 12.1 Å². The van der Waals surface area contributed by atoms with Crippen LogP contribution in [-0.2, 0) is 23.0 Å². The number of hydrogen-bond acceptors (Lipinski definition) is 3. The molecule has 0 heterocycles. The van der Waals surface area contributed by atoms with Crippen molar-refractivity contribution in [1.82, 2.24) is 4.31 Å². The maximum atomic E-state index is 13.0. The number of benzene rings is 2.